The van der Waals surface area contributed by atoms with Gasteiger partial charge in [-0.25, -0.2) is 0 Å². The Morgan fingerprint density at radius 3 is 2.60 bits per heavy atom. The zero-order valence-corrected chi connectivity index (χ0v) is 11.8. The fourth-order valence-corrected chi connectivity index (χ4v) is 2.49. The molecule has 0 aliphatic rings. The number of rotatable bonds is 2. The fourth-order valence-electron chi connectivity index (χ4n) is 2.30. The summed E-state index contributed by atoms with van der Waals surface area (Å²) >= 11 is 6.01. The van der Waals surface area contributed by atoms with Crippen molar-refractivity contribution in [3.8, 4) is 0 Å². The standard InChI is InChI=1S/C17H14ClNO/c1-17(20,13-6-4-7-15(18)10-13)14-9-12-5-2-3-8-16(12)19-11-14/h2-11,20H,1H3. The van der Waals surface area contributed by atoms with Gasteiger partial charge in [0.1, 0.15) is 5.60 Å². The third kappa shape index (κ3) is 2.28. The Bertz CT molecular complexity index is 768. The molecular formula is C17H14ClNO. The zero-order chi connectivity index (χ0) is 14.2. The van der Waals surface area contributed by atoms with Crippen LogP contribution in [0.25, 0.3) is 10.9 Å². The monoisotopic (exact) mass is 283 g/mol. The Balaban J connectivity index is 2.13. The maximum absolute atomic E-state index is 10.8. The lowest BCUT2D eigenvalue weighted by Gasteiger charge is -2.24. The molecule has 1 N–H and O–H groups in total. The molecule has 0 spiro atoms. The van der Waals surface area contributed by atoms with Crippen molar-refractivity contribution in [2.75, 3.05) is 0 Å². The summed E-state index contributed by atoms with van der Waals surface area (Å²) in [6, 6.07) is 17.1. The summed E-state index contributed by atoms with van der Waals surface area (Å²) in [6.07, 6.45) is 1.71. The van der Waals surface area contributed by atoms with Crippen LogP contribution in [0.5, 0.6) is 0 Å². The summed E-state index contributed by atoms with van der Waals surface area (Å²) in [4.78, 5) is 4.40. The predicted octanol–water partition coefficient (Wildman–Crippen LogP) is 4.14. The Labute approximate surface area is 122 Å². The van der Waals surface area contributed by atoms with Crippen molar-refractivity contribution in [1.29, 1.82) is 0 Å². The molecule has 0 saturated heterocycles. The second-order valence-electron chi connectivity index (χ2n) is 5.00. The van der Waals surface area contributed by atoms with Crippen molar-refractivity contribution in [1.82, 2.24) is 4.98 Å². The van der Waals surface area contributed by atoms with Gasteiger partial charge in [-0.3, -0.25) is 4.98 Å². The molecule has 0 amide bonds. The first-order valence-electron chi connectivity index (χ1n) is 6.41. The van der Waals surface area contributed by atoms with E-state index < -0.39 is 5.60 Å². The third-order valence-corrected chi connectivity index (χ3v) is 3.77. The van der Waals surface area contributed by atoms with Crippen LogP contribution in [0.3, 0.4) is 0 Å². The van der Waals surface area contributed by atoms with Crippen molar-refractivity contribution in [2.24, 2.45) is 0 Å². The van der Waals surface area contributed by atoms with Crippen LogP contribution >= 0.6 is 11.6 Å². The molecule has 1 unspecified atom stereocenters. The van der Waals surface area contributed by atoms with E-state index >= 15 is 0 Å². The van der Waals surface area contributed by atoms with E-state index in [1.807, 2.05) is 42.5 Å². The van der Waals surface area contributed by atoms with Crippen molar-refractivity contribution in [3.05, 3.63) is 76.9 Å². The van der Waals surface area contributed by atoms with Crippen LogP contribution in [0, 0.1) is 0 Å². The van der Waals surface area contributed by atoms with Crippen LogP contribution in [0.4, 0.5) is 0 Å². The van der Waals surface area contributed by atoms with E-state index in [1.165, 1.54) is 0 Å². The molecular weight excluding hydrogens is 270 g/mol. The highest BCUT2D eigenvalue weighted by atomic mass is 35.5. The molecule has 100 valence electrons. The van der Waals surface area contributed by atoms with Gasteiger partial charge in [0.15, 0.2) is 0 Å². The maximum atomic E-state index is 10.8. The van der Waals surface area contributed by atoms with Gasteiger partial charge in [0.05, 0.1) is 5.52 Å². The van der Waals surface area contributed by atoms with Crippen LogP contribution in [0.2, 0.25) is 5.02 Å². The Hall–Kier alpha value is -1.90. The summed E-state index contributed by atoms with van der Waals surface area (Å²) in [5.74, 6) is 0. The fraction of sp³-hybridized carbons (Fsp3) is 0.118. The minimum absolute atomic E-state index is 0.608. The molecule has 0 aliphatic heterocycles. The smallest absolute Gasteiger partial charge is 0.113 e. The Kier molecular flexibility index (Phi) is 3.20. The number of halogens is 1. The number of nitrogens with zero attached hydrogens (tertiary/aromatic N) is 1. The van der Waals surface area contributed by atoms with E-state index in [0.717, 1.165) is 22.0 Å². The van der Waals surface area contributed by atoms with Crippen LogP contribution in [-0.2, 0) is 5.60 Å². The second-order valence-corrected chi connectivity index (χ2v) is 5.44. The van der Waals surface area contributed by atoms with Gasteiger partial charge in [-0.2, -0.15) is 0 Å². The van der Waals surface area contributed by atoms with Gasteiger partial charge in [0.25, 0.3) is 0 Å². The number of pyridine rings is 1. The molecule has 0 aliphatic carbocycles. The van der Waals surface area contributed by atoms with Gasteiger partial charge in [-0.05, 0) is 36.8 Å². The Morgan fingerprint density at radius 2 is 1.80 bits per heavy atom. The summed E-state index contributed by atoms with van der Waals surface area (Å²) in [5.41, 5.74) is 1.29. The number of benzene rings is 2. The number of hydrogen-bond acceptors (Lipinski definition) is 2. The van der Waals surface area contributed by atoms with Crippen LogP contribution in [0.1, 0.15) is 18.1 Å². The lowest BCUT2D eigenvalue weighted by Crippen LogP contribution is -2.22. The molecule has 0 bridgehead atoms. The molecule has 2 aromatic carbocycles. The Morgan fingerprint density at radius 1 is 1.00 bits per heavy atom. The number of hydrogen-bond donors (Lipinski definition) is 1. The molecule has 1 heterocycles. The molecule has 3 heteroatoms. The third-order valence-electron chi connectivity index (χ3n) is 3.54. The van der Waals surface area contributed by atoms with Gasteiger partial charge < -0.3 is 5.11 Å². The minimum Gasteiger partial charge on any atom is -0.381 e. The maximum Gasteiger partial charge on any atom is 0.113 e. The number of aromatic nitrogens is 1. The van der Waals surface area contributed by atoms with Crippen molar-refractivity contribution < 1.29 is 5.11 Å². The molecule has 0 radical (unpaired) electrons. The number of fused-ring (bicyclic) bond motifs is 1. The minimum atomic E-state index is -1.12. The van der Waals surface area contributed by atoms with Crippen molar-refractivity contribution >= 4 is 22.5 Å². The lowest BCUT2D eigenvalue weighted by atomic mass is 9.89. The molecule has 0 saturated carbocycles. The molecule has 3 aromatic rings. The summed E-state index contributed by atoms with van der Waals surface area (Å²) in [5, 5.41) is 12.5. The number of para-hydroxylation sites is 1. The first kappa shape index (κ1) is 13.1. The van der Waals surface area contributed by atoms with Crippen molar-refractivity contribution in [2.45, 2.75) is 12.5 Å². The predicted molar refractivity (Wildman–Crippen MR) is 81.9 cm³/mol. The average Bonchev–Trinajstić information content (AvgIpc) is 2.46. The van der Waals surface area contributed by atoms with E-state index in [9.17, 15) is 5.11 Å². The first-order valence-corrected chi connectivity index (χ1v) is 6.79. The molecule has 1 aromatic heterocycles. The van der Waals surface area contributed by atoms with Gasteiger partial charge >= 0.3 is 0 Å². The zero-order valence-electron chi connectivity index (χ0n) is 11.0. The quantitative estimate of drug-likeness (QED) is 0.766. The first-order chi connectivity index (χ1) is 9.57. The SMILES string of the molecule is CC(O)(c1cccc(Cl)c1)c1cnc2ccccc2c1. The second kappa shape index (κ2) is 4.89. The summed E-state index contributed by atoms with van der Waals surface area (Å²) in [7, 11) is 0. The topological polar surface area (TPSA) is 33.1 Å². The van der Waals surface area contributed by atoms with Crippen LogP contribution < -0.4 is 0 Å². The van der Waals surface area contributed by atoms with Gasteiger partial charge in [-0.1, -0.05) is 41.9 Å². The summed E-state index contributed by atoms with van der Waals surface area (Å²) < 4.78 is 0. The van der Waals surface area contributed by atoms with Gasteiger partial charge in [-0.15, -0.1) is 0 Å². The summed E-state index contributed by atoms with van der Waals surface area (Å²) in [6.45, 7) is 1.75. The average molecular weight is 284 g/mol. The van der Waals surface area contributed by atoms with Crippen molar-refractivity contribution in [3.63, 3.8) is 0 Å². The highest BCUT2D eigenvalue weighted by molar-refractivity contribution is 6.30. The van der Waals surface area contributed by atoms with E-state index in [-0.39, 0.29) is 0 Å². The van der Waals surface area contributed by atoms with Gasteiger partial charge in [0.2, 0.25) is 0 Å². The highest BCUT2D eigenvalue weighted by Gasteiger charge is 2.26. The van der Waals surface area contributed by atoms with E-state index in [1.54, 1.807) is 25.3 Å². The molecule has 2 nitrogen and oxygen atoms in total. The normalized spacial score (nSPS) is 14.2. The van der Waals surface area contributed by atoms with Crippen LogP contribution in [-0.4, -0.2) is 10.1 Å². The molecule has 0 fully saturated rings. The molecule has 20 heavy (non-hydrogen) atoms. The van der Waals surface area contributed by atoms with E-state index in [2.05, 4.69) is 4.98 Å². The van der Waals surface area contributed by atoms with E-state index in [4.69, 9.17) is 11.6 Å². The molecule has 3 rings (SSSR count). The largest absolute Gasteiger partial charge is 0.381 e. The van der Waals surface area contributed by atoms with Crippen LogP contribution in [0.15, 0.2) is 60.8 Å². The highest BCUT2D eigenvalue weighted by Crippen LogP contribution is 2.31. The lowest BCUT2D eigenvalue weighted by molar-refractivity contribution is 0.102. The van der Waals surface area contributed by atoms with E-state index in [0.29, 0.717) is 5.02 Å². The molecule has 1 atom stereocenters. The number of aliphatic hydroxyl groups is 1. The van der Waals surface area contributed by atoms with Gasteiger partial charge in [0, 0.05) is 22.2 Å².